The minimum atomic E-state index is -0.796. The molecule has 2 aliphatic rings. The van der Waals surface area contributed by atoms with Crippen LogP contribution in [0.2, 0.25) is 5.02 Å². The number of carbonyl (C=O) groups excluding carboxylic acids is 2. The first-order valence-corrected chi connectivity index (χ1v) is 8.29. The van der Waals surface area contributed by atoms with E-state index in [9.17, 15) is 9.59 Å². The molecule has 0 N–H and O–H groups in total. The van der Waals surface area contributed by atoms with Gasteiger partial charge in [0.2, 0.25) is 0 Å². The maximum absolute atomic E-state index is 12.9. The van der Waals surface area contributed by atoms with Gasteiger partial charge in [0, 0.05) is 5.02 Å². The molecule has 2 aromatic rings. The molecular formula is C18H15ClN4O2. The first-order chi connectivity index (χ1) is 12.1. The van der Waals surface area contributed by atoms with E-state index in [1.807, 2.05) is 31.2 Å². The number of fused-ring (bicyclic) bond motifs is 1. The fourth-order valence-electron chi connectivity index (χ4n) is 3.19. The van der Waals surface area contributed by atoms with Gasteiger partial charge in [0.1, 0.15) is 0 Å². The average Bonchev–Trinajstić information content (AvgIpc) is 3.10. The number of hydrogen-bond acceptors (Lipinski definition) is 5. The molecule has 1 fully saturated rings. The fourth-order valence-corrected chi connectivity index (χ4v) is 3.37. The maximum Gasteiger partial charge on any atom is 0.263 e. The molecule has 2 atom stereocenters. The van der Waals surface area contributed by atoms with Crippen molar-refractivity contribution in [3.63, 3.8) is 0 Å². The van der Waals surface area contributed by atoms with Crippen molar-refractivity contribution in [1.82, 2.24) is 5.01 Å². The predicted molar refractivity (Wildman–Crippen MR) is 93.1 cm³/mol. The SMILES string of the molecule is Cc1ccccc1CN1N=N[C@@H]2C(=O)N(c3cccc(Cl)c3)C(=O)[C@H]21. The summed E-state index contributed by atoms with van der Waals surface area (Å²) >= 11 is 5.99. The molecule has 0 spiro atoms. The van der Waals surface area contributed by atoms with Gasteiger partial charge in [-0.05, 0) is 36.2 Å². The van der Waals surface area contributed by atoms with Crippen molar-refractivity contribution in [3.05, 3.63) is 64.7 Å². The van der Waals surface area contributed by atoms with Crippen molar-refractivity contribution in [2.24, 2.45) is 10.3 Å². The van der Waals surface area contributed by atoms with Crippen LogP contribution in [0.4, 0.5) is 5.69 Å². The number of aryl methyl sites for hydroxylation is 1. The lowest BCUT2D eigenvalue weighted by atomic mass is 10.1. The number of imide groups is 1. The van der Waals surface area contributed by atoms with Crippen molar-refractivity contribution in [2.45, 2.75) is 25.6 Å². The third kappa shape index (κ3) is 2.59. The van der Waals surface area contributed by atoms with Crippen LogP contribution in [0, 0.1) is 6.92 Å². The van der Waals surface area contributed by atoms with Crippen molar-refractivity contribution in [3.8, 4) is 0 Å². The highest BCUT2D eigenvalue weighted by atomic mass is 35.5. The van der Waals surface area contributed by atoms with Crippen molar-refractivity contribution in [2.75, 3.05) is 4.90 Å². The molecule has 0 radical (unpaired) electrons. The Morgan fingerprint density at radius 3 is 2.64 bits per heavy atom. The molecule has 0 bridgehead atoms. The standard InChI is InChI=1S/C18H15ClN4O2/c1-11-5-2-3-6-12(11)10-22-16-15(20-21-22)17(24)23(18(16)25)14-8-4-7-13(19)9-14/h2-9,15-16H,10H2,1H3/t15-,16-/m0/s1. The molecule has 0 saturated carbocycles. The molecule has 1 saturated heterocycles. The van der Waals surface area contributed by atoms with Gasteiger partial charge in [-0.1, -0.05) is 47.2 Å². The Hall–Kier alpha value is -2.73. The summed E-state index contributed by atoms with van der Waals surface area (Å²) in [4.78, 5) is 26.7. The van der Waals surface area contributed by atoms with Crippen LogP contribution in [0.3, 0.4) is 0 Å². The monoisotopic (exact) mass is 354 g/mol. The zero-order valence-electron chi connectivity index (χ0n) is 13.5. The molecule has 2 aromatic carbocycles. The molecule has 6 nitrogen and oxygen atoms in total. The Morgan fingerprint density at radius 2 is 1.88 bits per heavy atom. The smallest absolute Gasteiger partial charge is 0.263 e. The van der Waals surface area contributed by atoms with Gasteiger partial charge in [0.25, 0.3) is 11.8 Å². The first-order valence-electron chi connectivity index (χ1n) is 7.91. The number of benzene rings is 2. The van der Waals surface area contributed by atoms with E-state index in [0.29, 0.717) is 17.3 Å². The topological polar surface area (TPSA) is 65.3 Å². The number of amides is 2. The van der Waals surface area contributed by atoms with Crippen molar-refractivity contribution >= 4 is 29.1 Å². The molecule has 7 heteroatoms. The summed E-state index contributed by atoms with van der Waals surface area (Å²) in [6.07, 6.45) is 0. The molecule has 2 amide bonds. The van der Waals surface area contributed by atoms with Crippen LogP contribution < -0.4 is 4.90 Å². The van der Waals surface area contributed by atoms with E-state index < -0.39 is 12.1 Å². The van der Waals surface area contributed by atoms with Gasteiger partial charge in [0.05, 0.1) is 12.2 Å². The lowest BCUT2D eigenvalue weighted by molar-refractivity contribution is -0.123. The molecule has 0 unspecified atom stereocenters. The summed E-state index contributed by atoms with van der Waals surface area (Å²) in [5.41, 5.74) is 2.61. The summed E-state index contributed by atoms with van der Waals surface area (Å²) < 4.78 is 0. The Bertz CT molecular complexity index is 898. The number of nitrogens with zero attached hydrogens (tertiary/aromatic N) is 4. The molecule has 2 heterocycles. The van der Waals surface area contributed by atoms with Gasteiger partial charge in [-0.15, -0.1) is 0 Å². The number of anilines is 1. The molecule has 25 heavy (non-hydrogen) atoms. The minimum absolute atomic E-state index is 0.323. The molecule has 0 aromatic heterocycles. The quantitative estimate of drug-likeness (QED) is 0.795. The summed E-state index contributed by atoms with van der Waals surface area (Å²) in [7, 11) is 0. The van der Waals surface area contributed by atoms with E-state index in [2.05, 4.69) is 10.3 Å². The Morgan fingerprint density at radius 1 is 1.08 bits per heavy atom. The molecular weight excluding hydrogens is 340 g/mol. The normalized spacial score (nSPS) is 22.0. The van der Waals surface area contributed by atoms with Gasteiger partial charge in [-0.25, -0.2) is 4.90 Å². The fraction of sp³-hybridized carbons (Fsp3) is 0.222. The second kappa shape index (κ2) is 5.97. The number of halogens is 1. The zero-order chi connectivity index (χ0) is 17.6. The van der Waals surface area contributed by atoms with Gasteiger partial charge in [0.15, 0.2) is 12.1 Å². The molecule has 0 aliphatic carbocycles. The van der Waals surface area contributed by atoms with Gasteiger partial charge in [-0.3, -0.25) is 14.6 Å². The molecule has 4 rings (SSSR count). The summed E-state index contributed by atoms with van der Waals surface area (Å²) in [5, 5.41) is 10.2. The average molecular weight is 355 g/mol. The number of carbonyl (C=O) groups is 2. The van der Waals surface area contributed by atoms with Crippen LogP contribution in [0.25, 0.3) is 0 Å². The maximum atomic E-state index is 12.9. The lowest BCUT2D eigenvalue weighted by Crippen LogP contribution is -2.39. The Labute approximate surface area is 149 Å². The summed E-state index contributed by atoms with van der Waals surface area (Å²) in [6, 6.07) is 13.1. The molecule has 2 aliphatic heterocycles. The van der Waals surface area contributed by atoms with Crippen molar-refractivity contribution < 1.29 is 9.59 Å². The molecule has 126 valence electrons. The highest BCUT2D eigenvalue weighted by molar-refractivity contribution is 6.31. The second-order valence-electron chi connectivity index (χ2n) is 6.11. The van der Waals surface area contributed by atoms with E-state index in [-0.39, 0.29) is 11.8 Å². The van der Waals surface area contributed by atoms with Crippen LogP contribution in [-0.2, 0) is 16.1 Å². The van der Waals surface area contributed by atoms with E-state index in [4.69, 9.17) is 11.6 Å². The lowest BCUT2D eigenvalue weighted by Gasteiger charge is -2.21. The Balaban J connectivity index is 1.63. The predicted octanol–water partition coefficient (Wildman–Crippen LogP) is 3.14. The highest BCUT2D eigenvalue weighted by Crippen LogP contribution is 2.33. The third-order valence-corrected chi connectivity index (χ3v) is 4.75. The van der Waals surface area contributed by atoms with E-state index in [0.717, 1.165) is 16.0 Å². The van der Waals surface area contributed by atoms with Crippen LogP contribution in [0.15, 0.2) is 58.9 Å². The minimum Gasteiger partial charge on any atom is -0.271 e. The second-order valence-corrected chi connectivity index (χ2v) is 6.55. The number of hydrogen-bond donors (Lipinski definition) is 0. The summed E-state index contributed by atoms with van der Waals surface area (Å²) in [6.45, 7) is 2.43. The summed E-state index contributed by atoms with van der Waals surface area (Å²) in [5.74, 6) is -0.691. The highest BCUT2D eigenvalue weighted by Gasteiger charge is 2.54. The van der Waals surface area contributed by atoms with Gasteiger partial charge in [-0.2, -0.15) is 5.11 Å². The number of rotatable bonds is 3. The van der Waals surface area contributed by atoms with E-state index in [1.165, 1.54) is 0 Å². The van der Waals surface area contributed by atoms with Crippen LogP contribution in [0.1, 0.15) is 11.1 Å². The van der Waals surface area contributed by atoms with E-state index in [1.54, 1.807) is 29.3 Å². The van der Waals surface area contributed by atoms with E-state index >= 15 is 0 Å². The van der Waals surface area contributed by atoms with Crippen LogP contribution >= 0.6 is 11.6 Å². The van der Waals surface area contributed by atoms with Crippen LogP contribution in [-0.4, -0.2) is 28.9 Å². The van der Waals surface area contributed by atoms with Gasteiger partial charge < -0.3 is 0 Å². The first kappa shape index (κ1) is 15.8. The van der Waals surface area contributed by atoms with Crippen LogP contribution in [0.5, 0.6) is 0 Å². The Kier molecular flexibility index (Phi) is 3.77. The largest absolute Gasteiger partial charge is 0.271 e. The third-order valence-electron chi connectivity index (χ3n) is 4.52. The van der Waals surface area contributed by atoms with Gasteiger partial charge >= 0.3 is 0 Å². The van der Waals surface area contributed by atoms with Crippen molar-refractivity contribution in [1.29, 1.82) is 0 Å². The zero-order valence-corrected chi connectivity index (χ0v) is 14.2.